The van der Waals surface area contributed by atoms with E-state index in [9.17, 15) is 5.11 Å². The summed E-state index contributed by atoms with van der Waals surface area (Å²) in [5.41, 5.74) is 1.15. The molecule has 0 aliphatic rings. The van der Waals surface area contributed by atoms with Crippen molar-refractivity contribution < 1.29 is 9.84 Å². The normalized spacial score (nSPS) is 16.6. The molecule has 2 heteroatoms. The maximum atomic E-state index is 9.49. The molecule has 0 bridgehead atoms. The fourth-order valence-electron chi connectivity index (χ4n) is 1.57. The number of para-hydroxylation sites is 1. The van der Waals surface area contributed by atoms with Crippen LogP contribution in [0.25, 0.3) is 0 Å². The third kappa shape index (κ3) is 3.53. The number of hydrogen-bond donors (Lipinski definition) is 1. The van der Waals surface area contributed by atoms with Gasteiger partial charge in [0.2, 0.25) is 0 Å². The van der Waals surface area contributed by atoms with Crippen LogP contribution in [0.4, 0.5) is 0 Å². The first kappa shape index (κ1) is 13.0. The smallest absolute Gasteiger partial charge is 0.122 e. The van der Waals surface area contributed by atoms with Crippen molar-refractivity contribution in [2.45, 2.75) is 33.8 Å². The Morgan fingerprint density at radius 1 is 1.19 bits per heavy atom. The molecule has 1 rings (SSSR count). The number of aryl methyl sites for hydroxylation is 1. The lowest BCUT2D eigenvalue weighted by atomic mass is 9.92. The zero-order chi connectivity index (χ0) is 12.1. The molecule has 0 heterocycles. The Bertz CT molecular complexity index is 320. The standard InChI is InChI=1S/C14H22O2/c1-10-7-5-6-8-14(10)16-9-11(2)12(3)13(4)15/h5-8,11-13,15H,9H2,1-4H3. The summed E-state index contributed by atoms with van der Waals surface area (Å²) >= 11 is 0. The second-order valence-corrected chi connectivity index (χ2v) is 4.65. The lowest BCUT2D eigenvalue weighted by Gasteiger charge is -2.23. The Balaban J connectivity index is 2.49. The Hall–Kier alpha value is -1.02. The Morgan fingerprint density at radius 2 is 1.81 bits per heavy atom. The van der Waals surface area contributed by atoms with E-state index in [-0.39, 0.29) is 12.0 Å². The minimum atomic E-state index is -0.282. The second-order valence-electron chi connectivity index (χ2n) is 4.65. The molecule has 0 saturated heterocycles. The first-order chi connectivity index (χ1) is 7.52. The molecule has 0 fully saturated rings. The molecule has 2 nitrogen and oxygen atoms in total. The largest absolute Gasteiger partial charge is 0.493 e. The van der Waals surface area contributed by atoms with E-state index in [0.717, 1.165) is 11.3 Å². The van der Waals surface area contributed by atoms with E-state index in [0.29, 0.717) is 12.5 Å². The van der Waals surface area contributed by atoms with Crippen LogP contribution in [-0.4, -0.2) is 17.8 Å². The molecule has 0 aromatic heterocycles. The highest BCUT2D eigenvalue weighted by molar-refractivity contribution is 5.31. The van der Waals surface area contributed by atoms with E-state index in [1.165, 1.54) is 0 Å². The number of benzene rings is 1. The van der Waals surface area contributed by atoms with Crippen LogP contribution in [-0.2, 0) is 0 Å². The summed E-state index contributed by atoms with van der Waals surface area (Å²) in [5, 5.41) is 9.49. The van der Waals surface area contributed by atoms with Gasteiger partial charge in [0.1, 0.15) is 5.75 Å². The minimum Gasteiger partial charge on any atom is -0.493 e. The summed E-state index contributed by atoms with van der Waals surface area (Å²) in [5.74, 6) is 1.54. The molecule has 0 amide bonds. The lowest BCUT2D eigenvalue weighted by molar-refractivity contribution is 0.0830. The van der Waals surface area contributed by atoms with Gasteiger partial charge in [-0.3, -0.25) is 0 Å². The summed E-state index contributed by atoms with van der Waals surface area (Å²) in [6.07, 6.45) is -0.282. The van der Waals surface area contributed by atoms with Gasteiger partial charge >= 0.3 is 0 Å². The zero-order valence-corrected chi connectivity index (χ0v) is 10.6. The highest BCUT2D eigenvalue weighted by atomic mass is 16.5. The molecule has 90 valence electrons. The molecule has 3 atom stereocenters. The van der Waals surface area contributed by atoms with Gasteiger partial charge in [0.25, 0.3) is 0 Å². The fraction of sp³-hybridized carbons (Fsp3) is 0.571. The van der Waals surface area contributed by atoms with E-state index in [1.807, 2.05) is 38.1 Å². The molecule has 0 spiro atoms. The van der Waals surface area contributed by atoms with Crippen LogP contribution in [0.15, 0.2) is 24.3 Å². The van der Waals surface area contributed by atoms with Gasteiger partial charge in [-0.05, 0) is 37.3 Å². The molecule has 1 aromatic carbocycles. The van der Waals surface area contributed by atoms with Gasteiger partial charge in [0, 0.05) is 0 Å². The van der Waals surface area contributed by atoms with Gasteiger partial charge in [0.05, 0.1) is 12.7 Å². The number of rotatable bonds is 5. The molecule has 3 unspecified atom stereocenters. The van der Waals surface area contributed by atoms with Gasteiger partial charge in [-0.25, -0.2) is 0 Å². The summed E-state index contributed by atoms with van der Waals surface area (Å²) in [7, 11) is 0. The number of aliphatic hydroxyl groups is 1. The molecule has 0 saturated carbocycles. The first-order valence-electron chi connectivity index (χ1n) is 5.89. The number of ether oxygens (including phenoxy) is 1. The van der Waals surface area contributed by atoms with Crippen molar-refractivity contribution >= 4 is 0 Å². The van der Waals surface area contributed by atoms with Crippen molar-refractivity contribution in [3.8, 4) is 5.75 Å². The molecule has 16 heavy (non-hydrogen) atoms. The first-order valence-corrected chi connectivity index (χ1v) is 5.89. The van der Waals surface area contributed by atoms with E-state index in [1.54, 1.807) is 0 Å². The molecular formula is C14H22O2. The monoisotopic (exact) mass is 222 g/mol. The molecular weight excluding hydrogens is 200 g/mol. The Kier molecular flexibility index (Phi) is 4.81. The fourth-order valence-corrected chi connectivity index (χ4v) is 1.57. The van der Waals surface area contributed by atoms with Crippen LogP contribution in [0.3, 0.4) is 0 Å². The van der Waals surface area contributed by atoms with Crippen molar-refractivity contribution in [2.24, 2.45) is 11.8 Å². The average Bonchev–Trinajstić information content (AvgIpc) is 2.26. The van der Waals surface area contributed by atoms with Gasteiger partial charge in [0.15, 0.2) is 0 Å². The van der Waals surface area contributed by atoms with Crippen LogP contribution in [0.5, 0.6) is 5.75 Å². The SMILES string of the molecule is Cc1ccccc1OCC(C)C(C)C(C)O. The molecule has 0 aliphatic carbocycles. The molecule has 1 aromatic rings. The number of aliphatic hydroxyl groups excluding tert-OH is 1. The zero-order valence-electron chi connectivity index (χ0n) is 10.6. The van der Waals surface area contributed by atoms with Crippen LogP contribution in [0.1, 0.15) is 26.3 Å². The second kappa shape index (κ2) is 5.90. The molecule has 0 aliphatic heterocycles. The van der Waals surface area contributed by atoms with Crippen LogP contribution < -0.4 is 4.74 Å². The van der Waals surface area contributed by atoms with Crippen LogP contribution in [0.2, 0.25) is 0 Å². The summed E-state index contributed by atoms with van der Waals surface area (Å²) < 4.78 is 5.76. The predicted octanol–water partition coefficient (Wildman–Crippen LogP) is 3.03. The Labute approximate surface area is 98.3 Å². The highest BCUT2D eigenvalue weighted by Crippen LogP contribution is 2.20. The van der Waals surface area contributed by atoms with Crippen molar-refractivity contribution in [2.75, 3.05) is 6.61 Å². The predicted molar refractivity (Wildman–Crippen MR) is 66.7 cm³/mol. The summed E-state index contributed by atoms with van der Waals surface area (Å²) in [6, 6.07) is 8.00. The van der Waals surface area contributed by atoms with Crippen molar-refractivity contribution in [1.82, 2.24) is 0 Å². The maximum Gasteiger partial charge on any atom is 0.122 e. The highest BCUT2D eigenvalue weighted by Gasteiger charge is 2.17. The van der Waals surface area contributed by atoms with Gasteiger partial charge < -0.3 is 9.84 Å². The third-order valence-electron chi connectivity index (χ3n) is 3.25. The lowest BCUT2D eigenvalue weighted by Crippen LogP contribution is -2.25. The topological polar surface area (TPSA) is 29.5 Å². The van der Waals surface area contributed by atoms with E-state index in [4.69, 9.17) is 4.74 Å². The molecule has 0 radical (unpaired) electrons. The third-order valence-corrected chi connectivity index (χ3v) is 3.25. The quantitative estimate of drug-likeness (QED) is 0.829. The summed E-state index contributed by atoms with van der Waals surface area (Å²) in [6.45, 7) is 8.68. The maximum absolute atomic E-state index is 9.49. The van der Waals surface area contributed by atoms with Crippen LogP contribution in [0, 0.1) is 18.8 Å². The van der Waals surface area contributed by atoms with E-state index in [2.05, 4.69) is 13.8 Å². The van der Waals surface area contributed by atoms with E-state index < -0.39 is 0 Å². The Morgan fingerprint density at radius 3 is 2.38 bits per heavy atom. The molecule has 1 N–H and O–H groups in total. The summed E-state index contributed by atoms with van der Waals surface area (Å²) in [4.78, 5) is 0. The van der Waals surface area contributed by atoms with Gasteiger partial charge in [-0.1, -0.05) is 32.0 Å². The number of hydrogen-bond acceptors (Lipinski definition) is 2. The van der Waals surface area contributed by atoms with Crippen molar-refractivity contribution in [1.29, 1.82) is 0 Å². The van der Waals surface area contributed by atoms with E-state index >= 15 is 0 Å². The van der Waals surface area contributed by atoms with Crippen molar-refractivity contribution in [3.63, 3.8) is 0 Å². The minimum absolute atomic E-state index is 0.254. The van der Waals surface area contributed by atoms with Crippen molar-refractivity contribution in [3.05, 3.63) is 29.8 Å². The van der Waals surface area contributed by atoms with Crippen LogP contribution >= 0.6 is 0 Å². The van der Waals surface area contributed by atoms with Gasteiger partial charge in [-0.15, -0.1) is 0 Å². The van der Waals surface area contributed by atoms with Gasteiger partial charge in [-0.2, -0.15) is 0 Å². The average molecular weight is 222 g/mol.